The van der Waals surface area contributed by atoms with Crippen molar-refractivity contribution in [1.29, 1.82) is 0 Å². The van der Waals surface area contributed by atoms with Crippen LogP contribution in [0.15, 0.2) is 146 Å². The zero-order valence-corrected chi connectivity index (χ0v) is 35.2. The van der Waals surface area contributed by atoms with E-state index in [9.17, 15) is 39.6 Å². The Morgan fingerprint density at radius 2 is 0.557 bits per heavy atom. The van der Waals surface area contributed by atoms with Gasteiger partial charge >= 0.3 is 214 Å². The molecule has 0 saturated carbocycles. The summed E-state index contributed by atoms with van der Waals surface area (Å²) in [5.41, 5.74) is 8.23. The van der Waals surface area contributed by atoms with Crippen LogP contribution >= 0.6 is 0 Å². The van der Waals surface area contributed by atoms with Crippen LogP contribution in [0.4, 0.5) is 0 Å². The molecule has 0 radical (unpaired) electrons. The number of fused-ring (bicyclic) bond motifs is 8. The van der Waals surface area contributed by atoms with Crippen molar-refractivity contribution >= 4 is 86.9 Å². The Morgan fingerprint density at radius 1 is 0.344 bits per heavy atom. The van der Waals surface area contributed by atoms with Crippen LogP contribution in [0.1, 0.15) is 64.2 Å². The number of rotatable bonds is 8. The van der Waals surface area contributed by atoms with Gasteiger partial charge in [-0.1, -0.05) is 0 Å². The molecule has 6 N–H and O–H groups in total. The van der Waals surface area contributed by atoms with Crippen LogP contribution in [-0.4, -0.2) is 64.2 Å². The molecule has 61 heavy (non-hydrogen) atoms. The monoisotopic (exact) mass is 858 g/mol. The van der Waals surface area contributed by atoms with Crippen LogP contribution in [-0.2, 0) is 14.8 Å². The van der Waals surface area contributed by atoms with Crippen LogP contribution in [0.5, 0.6) is 0 Å². The normalized spacial score (nSPS) is 11.4. The van der Waals surface area contributed by atoms with Gasteiger partial charge in [0.1, 0.15) is 0 Å². The van der Waals surface area contributed by atoms with Crippen LogP contribution in [0.2, 0.25) is 0 Å². The first-order valence-electron chi connectivity index (χ1n) is 19.3. The first-order valence-corrected chi connectivity index (χ1v) is 25.2. The fraction of sp³-hybridized carbons (Fsp3) is 0. The van der Waals surface area contributed by atoms with Crippen LogP contribution < -0.4 is 16.6 Å². The standard InChI is InChI=1S/C20H14N4.4C7H5O2.Zn/c1-2-14-10-16-5-6-18(23-16)12-20-8-7-19(24-20)11-17-4-3-15(22-17)9-13(1)21-14;4*8-7(9)6-4-2-1-3-5-6;/h1-12,21,24H;4*2-5H,(H,8,9);. The fourth-order valence-corrected chi connectivity index (χ4v) is 22.2. The first-order chi connectivity index (χ1) is 29.4. The summed E-state index contributed by atoms with van der Waals surface area (Å²) in [6.07, 6.45) is 8.09. The van der Waals surface area contributed by atoms with Gasteiger partial charge in [-0.2, -0.15) is 0 Å². The molecule has 0 aliphatic carbocycles. The second kappa shape index (κ2) is 16.7. The Hall–Kier alpha value is -8.02. The number of nitrogens with one attached hydrogen (secondary N) is 2. The molecule has 0 spiro atoms. The van der Waals surface area contributed by atoms with Crippen LogP contribution in [0.25, 0.3) is 46.4 Å². The number of H-pyrrole nitrogens is 2. The van der Waals surface area contributed by atoms with Gasteiger partial charge in [-0.15, -0.1) is 0 Å². The predicted octanol–water partition coefficient (Wildman–Crippen LogP) is 6.89. The number of aromatic nitrogens is 4. The van der Waals surface area contributed by atoms with Gasteiger partial charge in [0.25, 0.3) is 0 Å². The molecule has 9 rings (SSSR count). The van der Waals surface area contributed by atoms with Gasteiger partial charge in [-0.25, -0.2) is 9.97 Å². The van der Waals surface area contributed by atoms with Crippen molar-refractivity contribution in [3.63, 3.8) is 0 Å². The minimum absolute atomic E-state index is 0.0918. The van der Waals surface area contributed by atoms with E-state index in [1.54, 1.807) is 48.5 Å². The number of benzene rings is 4. The van der Waals surface area contributed by atoms with E-state index in [0.717, 1.165) is 61.5 Å². The molecule has 5 heterocycles. The predicted molar refractivity (Wildman–Crippen MR) is 231 cm³/mol. The van der Waals surface area contributed by atoms with E-state index in [2.05, 4.69) is 44.2 Å². The van der Waals surface area contributed by atoms with Gasteiger partial charge in [-0.05, 0) is 72.8 Å². The molecule has 13 heteroatoms. The van der Waals surface area contributed by atoms with Gasteiger partial charge in [0.2, 0.25) is 0 Å². The Labute approximate surface area is 350 Å². The molecule has 7 aromatic rings. The number of hydrogen-bond donors (Lipinski definition) is 6. The molecule has 4 aromatic carbocycles. The minimum atomic E-state index is -4.52. The van der Waals surface area contributed by atoms with Gasteiger partial charge in [0.05, 0.1) is 22.8 Å². The van der Waals surface area contributed by atoms with Gasteiger partial charge in [0, 0.05) is 22.1 Å². The molecular formula is C48H34N4O8Zn. The van der Waals surface area contributed by atoms with Crippen LogP contribution in [0, 0.1) is 0 Å². The Balaban J connectivity index is 0.000000183. The van der Waals surface area contributed by atoms with Gasteiger partial charge < -0.3 is 9.97 Å². The molecule has 8 bridgehead atoms. The number of carbonyl (C=O) groups is 4. The molecule has 0 atom stereocenters. The zero-order valence-electron chi connectivity index (χ0n) is 32.2. The molecule has 3 aromatic heterocycles. The van der Waals surface area contributed by atoms with E-state index < -0.39 is 38.7 Å². The summed E-state index contributed by atoms with van der Waals surface area (Å²) in [7, 11) is 0. The van der Waals surface area contributed by atoms with Crippen molar-refractivity contribution in [1.82, 2.24) is 19.9 Å². The van der Waals surface area contributed by atoms with Crippen molar-refractivity contribution < 1.29 is 54.4 Å². The molecular weight excluding hydrogens is 826 g/mol. The van der Waals surface area contributed by atoms with E-state index in [0.29, 0.717) is 0 Å². The van der Waals surface area contributed by atoms with E-state index in [4.69, 9.17) is 0 Å². The van der Waals surface area contributed by atoms with Crippen molar-refractivity contribution in [2.24, 2.45) is 0 Å². The maximum absolute atomic E-state index is 11.5. The Kier molecular flexibility index (Phi) is 10.9. The number of hydrogen-bond acceptors (Lipinski definition) is 6. The van der Waals surface area contributed by atoms with Gasteiger partial charge in [0.15, 0.2) is 0 Å². The first kappa shape index (κ1) is 39.8. The molecule has 296 valence electrons. The molecule has 0 unspecified atom stereocenters. The number of carboxylic acids is 4. The molecule has 2 aliphatic rings. The third-order valence-electron chi connectivity index (χ3n) is 11.3. The summed E-state index contributed by atoms with van der Waals surface area (Å²) in [5.74, 6) is -4.35. The summed E-state index contributed by atoms with van der Waals surface area (Å²) in [5, 5.41) is 37.7. The second-order valence-electron chi connectivity index (χ2n) is 15.0. The van der Waals surface area contributed by atoms with Crippen LogP contribution in [0.3, 0.4) is 0 Å². The van der Waals surface area contributed by atoms with Crippen molar-refractivity contribution in [2.75, 3.05) is 0 Å². The third-order valence-corrected chi connectivity index (χ3v) is 25.5. The fourth-order valence-electron chi connectivity index (χ4n) is 8.36. The van der Waals surface area contributed by atoms with Crippen molar-refractivity contribution in [3.8, 4) is 0 Å². The van der Waals surface area contributed by atoms with E-state index in [1.807, 2.05) is 48.6 Å². The van der Waals surface area contributed by atoms with Crippen molar-refractivity contribution in [2.45, 2.75) is 0 Å². The third kappa shape index (κ3) is 8.45. The van der Waals surface area contributed by atoms with Gasteiger partial charge in [-0.3, -0.25) is 0 Å². The quantitative estimate of drug-likeness (QED) is 0.0873. The summed E-state index contributed by atoms with van der Waals surface area (Å²) in [6.45, 7) is 0. The number of aromatic carboxylic acids is 4. The average Bonchev–Trinajstić information content (AvgIpc) is 4.10. The van der Waals surface area contributed by atoms with Crippen molar-refractivity contribution in [3.05, 3.63) is 191 Å². The summed E-state index contributed by atoms with van der Waals surface area (Å²) in [4.78, 5) is 62.1. The molecule has 0 amide bonds. The molecule has 0 saturated heterocycles. The average molecular weight is 860 g/mol. The summed E-state index contributed by atoms with van der Waals surface area (Å²) < 4.78 is 3.29. The summed E-state index contributed by atoms with van der Waals surface area (Å²) >= 11 is -4.52. The molecule has 0 fully saturated rings. The van der Waals surface area contributed by atoms with E-state index in [1.165, 1.54) is 48.5 Å². The number of carboxylic acid groups (broad SMARTS) is 4. The summed E-state index contributed by atoms with van der Waals surface area (Å²) in [6, 6.07) is 42.1. The Morgan fingerprint density at radius 3 is 0.754 bits per heavy atom. The SMILES string of the molecule is C1=Cc2cc3ccc(cc4nc(cc5ccc(cc1n2)[nH]5)C=C4)[nH]3.O=C(O)c1cc[c]([Zn]([c]2ccc(C(=O)O)cc2)([c]2ccc(C(=O)O)cc2)[c]2ccc(C(=O)O)cc2)cc1. The van der Waals surface area contributed by atoms with E-state index >= 15 is 0 Å². The Bertz CT molecular complexity index is 2670. The molecule has 2 aliphatic heterocycles. The second-order valence-corrected chi connectivity index (χ2v) is 26.3. The number of aromatic amines is 2. The zero-order chi connectivity index (χ0) is 42.7. The maximum atomic E-state index is 11.5. The number of nitrogens with zero attached hydrogens (tertiary/aromatic N) is 2. The topological polar surface area (TPSA) is 207 Å². The van der Waals surface area contributed by atoms with E-state index in [-0.39, 0.29) is 22.3 Å². The molecule has 12 nitrogen and oxygen atoms in total.